The molecule has 1 aromatic carbocycles. The van der Waals surface area contributed by atoms with Gasteiger partial charge in [-0.15, -0.1) is 0 Å². The molecule has 3 aromatic rings. The van der Waals surface area contributed by atoms with Gasteiger partial charge in [-0.2, -0.15) is 0 Å². The van der Waals surface area contributed by atoms with Crippen LogP contribution in [-0.4, -0.2) is 25.4 Å². The Morgan fingerprint density at radius 1 is 1.32 bits per heavy atom. The number of hydrogen-bond acceptors (Lipinski definition) is 4. The molecule has 0 spiro atoms. The van der Waals surface area contributed by atoms with Crippen LogP contribution >= 0.6 is 0 Å². The largest absolute Gasteiger partial charge is 0.478 e. The summed E-state index contributed by atoms with van der Waals surface area (Å²) in [5.41, 5.74) is 8.85. The Bertz CT molecular complexity index is 836. The predicted molar refractivity (Wildman–Crippen MR) is 71.3 cm³/mol. The summed E-state index contributed by atoms with van der Waals surface area (Å²) < 4.78 is 1.82. The number of nitrogens with two attached hydrogens (primary N) is 1. The first-order valence-corrected chi connectivity index (χ1v) is 5.76. The van der Waals surface area contributed by atoms with Crippen molar-refractivity contribution < 1.29 is 9.90 Å². The zero-order valence-electron chi connectivity index (χ0n) is 10.5. The number of carboxylic acids is 1. The minimum Gasteiger partial charge on any atom is -0.478 e. The minimum atomic E-state index is -0.956. The molecule has 0 aliphatic carbocycles. The third-order valence-corrected chi connectivity index (χ3v) is 3.23. The van der Waals surface area contributed by atoms with Crippen molar-refractivity contribution in [2.75, 3.05) is 5.73 Å². The number of anilines is 1. The van der Waals surface area contributed by atoms with Crippen LogP contribution in [0.3, 0.4) is 0 Å². The molecule has 0 aliphatic heterocycles. The first-order chi connectivity index (χ1) is 8.99. The van der Waals surface area contributed by atoms with Crippen molar-refractivity contribution in [3.8, 4) is 0 Å². The molecular weight excluding hydrogens is 244 g/mol. The molecular formula is C13H12N4O2. The number of nitrogens with zero attached hydrogens (tertiary/aromatic N) is 3. The highest BCUT2D eigenvalue weighted by Gasteiger charge is 2.14. The van der Waals surface area contributed by atoms with Crippen molar-refractivity contribution in [2.24, 2.45) is 0 Å². The van der Waals surface area contributed by atoms with Crippen LogP contribution in [-0.2, 0) is 0 Å². The van der Waals surface area contributed by atoms with Crippen LogP contribution in [0.4, 0.5) is 5.82 Å². The lowest BCUT2D eigenvalue weighted by molar-refractivity contribution is 0.0696. The zero-order valence-corrected chi connectivity index (χ0v) is 10.5. The summed E-state index contributed by atoms with van der Waals surface area (Å²) in [4.78, 5) is 19.7. The van der Waals surface area contributed by atoms with Gasteiger partial charge in [0.05, 0.1) is 22.8 Å². The van der Waals surface area contributed by atoms with E-state index < -0.39 is 5.97 Å². The van der Waals surface area contributed by atoms with Gasteiger partial charge in [0.1, 0.15) is 17.2 Å². The molecule has 3 N–H and O–H groups in total. The maximum Gasteiger partial charge on any atom is 0.336 e. The SMILES string of the molecule is Cc1cc2nc(N)c3cnc(C)n3c2cc1C(=O)O. The average molecular weight is 256 g/mol. The van der Waals surface area contributed by atoms with Gasteiger partial charge >= 0.3 is 5.97 Å². The molecule has 0 atom stereocenters. The van der Waals surface area contributed by atoms with Crippen molar-refractivity contribution in [3.63, 3.8) is 0 Å². The molecule has 0 bridgehead atoms. The second-order valence-corrected chi connectivity index (χ2v) is 4.48. The zero-order chi connectivity index (χ0) is 13.7. The summed E-state index contributed by atoms with van der Waals surface area (Å²) in [7, 11) is 0. The number of carbonyl (C=O) groups is 1. The Balaban J connectivity index is 2.56. The van der Waals surface area contributed by atoms with Crippen molar-refractivity contribution in [1.29, 1.82) is 0 Å². The number of hydrogen-bond donors (Lipinski definition) is 2. The van der Waals surface area contributed by atoms with Gasteiger partial charge in [-0.25, -0.2) is 14.8 Å². The van der Waals surface area contributed by atoms with Crippen LogP contribution in [0, 0.1) is 13.8 Å². The normalized spacial score (nSPS) is 11.3. The van der Waals surface area contributed by atoms with E-state index in [1.165, 1.54) is 0 Å². The van der Waals surface area contributed by atoms with Crippen LogP contribution in [0.1, 0.15) is 21.7 Å². The highest BCUT2D eigenvalue weighted by molar-refractivity contribution is 5.95. The smallest absolute Gasteiger partial charge is 0.336 e. The molecule has 6 heteroatoms. The van der Waals surface area contributed by atoms with E-state index >= 15 is 0 Å². The number of imidazole rings is 1. The topological polar surface area (TPSA) is 93.5 Å². The Kier molecular flexibility index (Phi) is 2.22. The van der Waals surface area contributed by atoms with Crippen LogP contribution in [0.15, 0.2) is 18.3 Å². The second-order valence-electron chi connectivity index (χ2n) is 4.48. The van der Waals surface area contributed by atoms with Crippen LogP contribution in [0.2, 0.25) is 0 Å². The van der Waals surface area contributed by atoms with E-state index in [1.54, 1.807) is 25.3 Å². The summed E-state index contributed by atoms with van der Waals surface area (Å²) in [6.07, 6.45) is 1.64. The molecule has 0 fully saturated rings. The van der Waals surface area contributed by atoms with Crippen molar-refractivity contribution >= 4 is 28.3 Å². The Labute approximate surface area is 108 Å². The maximum absolute atomic E-state index is 11.2. The molecule has 0 saturated carbocycles. The molecule has 0 unspecified atom stereocenters. The Hall–Kier alpha value is -2.63. The molecule has 3 rings (SSSR count). The summed E-state index contributed by atoms with van der Waals surface area (Å²) in [5, 5.41) is 9.20. The van der Waals surface area contributed by atoms with E-state index in [0.29, 0.717) is 27.9 Å². The molecule has 0 aliphatic rings. The fraction of sp³-hybridized carbons (Fsp3) is 0.154. The van der Waals surface area contributed by atoms with Crippen LogP contribution in [0.25, 0.3) is 16.6 Å². The third-order valence-electron chi connectivity index (χ3n) is 3.23. The molecule has 96 valence electrons. The highest BCUT2D eigenvalue weighted by Crippen LogP contribution is 2.24. The van der Waals surface area contributed by atoms with Gasteiger partial charge < -0.3 is 10.8 Å². The molecule has 0 saturated heterocycles. The van der Waals surface area contributed by atoms with Crippen LogP contribution < -0.4 is 5.73 Å². The van der Waals surface area contributed by atoms with Gasteiger partial charge in [0, 0.05) is 0 Å². The average Bonchev–Trinajstić information content (AvgIpc) is 2.71. The number of carboxylic acid groups (broad SMARTS) is 1. The van der Waals surface area contributed by atoms with Gasteiger partial charge in [0.25, 0.3) is 0 Å². The fourth-order valence-corrected chi connectivity index (χ4v) is 2.30. The predicted octanol–water partition coefficient (Wildman–Crippen LogP) is 1.78. The lowest BCUT2D eigenvalue weighted by Crippen LogP contribution is -2.04. The van der Waals surface area contributed by atoms with Gasteiger partial charge in [-0.05, 0) is 31.5 Å². The lowest BCUT2D eigenvalue weighted by atomic mass is 10.1. The van der Waals surface area contributed by atoms with Gasteiger partial charge in [0.15, 0.2) is 0 Å². The van der Waals surface area contributed by atoms with E-state index in [-0.39, 0.29) is 5.56 Å². The van der Waals surface area contributed by atoms with Crippen molar-refractivity contribution in [3.05, 3.63) is 35.3 Å². The van der Waals surface area contributed by atoms with Gasteiger partial charge in [-0.1, -0.05) is 0 Å². The summed E-state index contributed by atoms with van der Waals surface area (Å²) >= 11 is 0. The minimum absolute atomic E-state index is 0.258. The number of benzene rings is 1. The van der Waals surface area contributed by atoms with Gasteiger partial charge in [-0.3, -0.25) is 4.40 Å². The summed E-state index contributed by atoms with van der Waals surface area (Å²) in [6, 6.07) is 3.34. The molecule has 0 amide bonds. The first-order valence-electron chi connectivity index (χ1n) is 5.76. The molecule has 0 radical (unpaired) electrons. The lowest BCUT2D eigenvalue weighted by Gasteiger charge is -2.09. The number of fused-ring (bicyclic) bond motifs is 3. The quantitative estimate of drug-likeness (QED) is 0.692. The number of aromatic nitrogens is 3. The van der Waals surface area contributed by atoms with Gasteiger partial charge in [0.2, 0.25) is 0 Å². The summed E-state index contributed by atoms with van der Waals surface area (Å²) in [6.45, 7) is 3.58. The van der Waals surface area contributed by atoms with E-state index in [4.69, 9.17) is 5.73 Å². The highest BCUT2D eigenvalue weighted by atomic mass is 16.4. The maximum atomic E-state index is 11.2. The molecule has 19 heavy (non-hydrogen) atoms. The van der Waals surface area contributed by atoms with E-state index in [1.807, 2.05) is 11.3 Å². The molecule has 2 heterocycles. The van der Waals surface area contributed by atoms with E-state index in [0.717, 1.165) is 5.82 Å². The van der Waals surface area contributed by atoms with Crippen molar-refractivity contribution in [2.45, 2.75) is 13.8 Å². The monoisotopic (exact) mass is 256 g/mol. The van der Waals surface area contributed by atoms with E-state index in [2.05, 4.69) is 9.97 Å². The standard InChI is InChI=1S/C13H12N4O2/c1-6-3-9-10(4-8(6)13(18)19)17-7(2)15-5-11(17)12(14)16-9/h3-5H,1-2H3,(H2,14,16)(H,18,19). The number of aryl methyl sites for hydroxylation is 2. The first kappa shape index (κ1) is 11.5. The van der Waals surface area contributed by atoms with Crippen LogP contribution in [0.5, 0.6) is 0 Å². The Morgan fingerprint density at radius 2 is 2.05 bits per heavy atom. The third kappa shape index (κ3) is 1.53. The number of nitrogen functional groups attached to an aromatic ring is 1. The molecule has 6 nitrogen and oxygen atoms in total. The number of aromatic carboxylic acids is 1. The van der Waals surface area contributed by atoms with E-state index in [9.17, 15) is 9.90 Å². The Morgan fingerprint density at radius 3 is 2.74 bits per heavy atom. The fourth-order valence-electron chi connectivity index (χ4n) is 2.30. The van der Waals surface area contributed by atoms with Crippen molar-refractivity contribution in [1.82, 2.24) is 14.4 Å². The molecule has 2 aromatic heterocycles. The summed E-state index contributed by atoms with van der Waals surface area (Å²) in [5.74, 6) is 0.173. The number of rotatable bonds is 1. The second kappa shape index (κ2) is 3.68.